The lowest BCUT2D eigenvalue weighted by molar-refractivity contribution is -0.175. The van der Waals surface area contributed by atoms with Gasteiger partial charge >= 0.3 is 11.9 Å². The molecule has 1 aliphatic heterocycles. The van der Waals surface area contributed by atoms with Gasteiger partial charge in [-0.25, -0.2) is 0 Å². The first-order chi connectivity index (χ1) is 14.7. The average Bonchev–Trinajstić information content (AvgIpc) is 3.44. The maximum absolute atomic E-state index is 14.0. The SMILES string of the molecule is CC(=O)OC12CC(C)C(OC(=O)C(C)C)C1C1OC1(C)CCC1C(C=C(C)C2=O)C1(C)C. The van der Waals surface area contributed by atoms with Crippen LogP contribution in [0.25, 0.3) is 0 Å². The number of rotatable bonds is 3. The van der Waals surface area contributed by atoms with Gasteiger partial charge in [-0.05, 0) is 55.4 Å². The predicted molar refractivity (Wildman–Crippen MR) is 119 cm³/mol. The summed E-state index contributed by atoms with van der Waals surface area (Å²) in [6.07, 6.45) is 3.46. The Kier molecular flexibility index (Phi) is 5.43. The van der Waals surface area contributed by atoms with Crippen molar-refractivity contribution >= 4 is 17.7 Å². The first-order valence-corrected chi connectivity index (χ1v) is 12.1. The molecule has 6 nitrogen and oxygen atoms in total. The fourth-order valence-electron chi connectivity index (χ4n) is 6.58. The van der Waals surface area contributed by atoms with Crippen molar-refractivity contribution in [3.8, 4) is 0 Å². The van der Waals surface area contributed by atoms with Gasteiger partial charge in [-0.3, -0.25) is 14.4 Å². The van der Waals surface area contributed by atoms with Gasteiger partial charge in [-0.2, -0.15) is 0 Å². The van der Waals surface area contributed by atoms with Gasteiger partial charge in [0, 0.05) is 13.3 Å². The molecule has 2 saturated carbocycles. The van der Waals surface area contributed by atoms with E-state index >= 15 is 0 Å². The van der Waals surface area contributed by atoms with E-state index in [1.54, 1.807) is 13.8 Å². The minimum absolute atomic E-state index is 0.139. The third kappa shape index (κ3) is 3.53. The van der Waals surface area contributed by atoms with E-state index in [9.17, 15) is 14.4 Å². The Morgan fingerprint density at radius 1 is 1.22 bits per heavy atom. The number of esters is 2. The van der Waals surface area contributed by atoms with Gasteiger partial charge in [0.2, 0.25) is 5.78 Å². The Bertz CT molecular complexity index is 872. The number of hydrogen-bond acceptors (Lipinski definition) is 6. The van der Waals surface area contributed by atoms with Crippen molar-refractivity contribution in [1.82, 2.24) is 0 Å². The highest BCUT2D eigenvalue weighted by Gasteiger charge is 2.72. The van der Waals surface area contributed by atoms with E-state index in [-0.39, 0.29) is 35.1 Å². The number of ether oxygens (including phenoxy) is 3. The Hall–Kier alpha value is -1.69. The molecular weight excluding hydrogens is 408 g/mol. The van der Waals surface area contributed by atoms with Crippen molar-refractivity contribution in [3.05, 3.63) is 11.6 Å². The summed E-state index contributed by atoms with van der Waals surface area (Å²) in [5, 5.41) is 0. The van der Waals surface area contributed by atoms with E-state index in [1.165, 1.54) is 6.92 Å². The maximum Gasteiger partial charge on any atom is 0.308 e. The number of carbonyl (C=O) groups excluding carboxylic acids is 3. The Morgan fingerprint density at radius 2 is 1.88 bits per heavy atom. The summed E-state index contributed by atoms with van der Waals surface area (Å²) >= 11 is 0. The molecule has 32 heavy (non-hydrogen) atoms. The smallest absolute Gasteiger partial charge is 0.308 e. The largest absolute Gasteiger partial charge is 0.461 e. The normalized spacial score (nSPS) is 44.4. The number of ketones is 1. The van der Waals surface area contributed by atoms with Crippen LogP contribution in [-0.2, 0) is 28.6 Å². The van der Waals surface area contributed by atoms with Crippen LogP contribution in [0.4, 0.5) is 0 Å². The number of Topliss-reactive ketones (excluding diaryl/α,β-unsaturated/α-hetero) is 1. The number of allylic oxidation sites excluding steroid dienone is 1. The molecule has 178 valence electrons. The van der Waals surface area contributed by atoms with Crippen LogP contribution in [0.5, 0.6) is 0 Å². The van der Waals surface area contributed by atoms with Crippen LogP contribution in [0.3, 0.4) is 0 Å². The number of hydrogen-bond donors (Lipinski definition) is 0. The summed E-state index contributed by atoms with van der Waals surface area (Å²) in [5.74, 6) is -1.09. The lowest BCUT2D eigenvalue weighted by Crippen LogP contribution is -2.52. The van der Waals surface area contributed by atoms with E-state index in [2.05, 4.69) is 26.8 Å². The summed E-state index contributed by atoms with van der Waals surface area (Å²) in [6.45, 7) is 15.3. The zero-order chi connectivity index (χ0) is 23.8. The zero-order valence-electron chi connectivity index (χ0n) is 20.7. The van der Waals surface area contributed by atoms with E-state index in [0.717, 1.165) is 12.8 Å². The van der Waals surface area contributed by atoms with Crippen LogP contribution in [0, 0.1) is 35.0 Å². The molecule has 0 aromatic rings. The van der Waals surface area contributed by atoms with Crippen LogP contribution in [0.2, 0.25) is 0 Å². The van der Waals surface area contributed by atoms with Gasteiger partial charge in [-0.1, -0.05) is 40.7 Å². The quantitative estimate of drug-likeness (QED) is 0.476. The molecule has 0 bridgehead atoms. The third-order valence-electron chi connectivity index (χ3n) is 8.66. The Morgan fingerprint density at radius 3 is 2.47 bits per heavy atom. The van der Waals surface area contributed by atoms with Crippen LogP contribution in [-0.4, -0.2) is 41.1 Å². The van der Waals surface area contributed by atoms with Crippen molar-refractivity contribution in [2.24, 2.45) is 35.0 Å². The molecule has 8 unspecified atom stereocenters. The van der Waals surface area contributed by atoms with E-state index in [0.29, 0.717) is 23.8 Å². The van der Waals surface area contributed by atoms with Crippen LogP contribution in [0.1, 0.15) is 74.7 Å². The number of fused-ring (bicyclic) bond motifs is 4. The van der Waals surface area contributed by atoms with Gasteiger partial charge in [0.25, 0.3) is 0 Å². The summed E-state index contributed by atoms with van der Waals surface area (Å²) in [6, 6.07) is 0. The molecule has 3 aliphatic carbocycles. The summed E-state index contributed by atoms with van der Waals surface area (Å²) in [4.78, 5) is 38.9. The molecule has 1 heterocycles. The monoisotopic (exact) mass is 446 g/mol. The highest BCUT2D eigenvalue weighted by Crippen LogP contribution is 2.64. The maximum atomic E-state index is 14.0. The van der Waals surface area contributed by atoms with Gasteiger partial charge < -0.3 is 14.2 Å². The van der Waals surface area contributed by atoms with Crippen molar-refractivity contribution < 1.29 is 28.6 Å². The molecule has 1 saturated heterocycles. The van der Waals surface area contributed by atoms with Gasteiger partial charge in [-0.15, -0.1) is 0 Å². The summed E-state index contributed by atoms with van der Waals surface area (Å²) < 4.78 is 18.2. The molecule has 3 fully saturated rings. The van der Waals surface area contributed by atoms with E-state index < -0.39 is 29.2 Å². The predicted octanol–water partition coefficient (Wildman–Crippen LogP) is 4.25. The molecule has 0 aromatic carbocycles. The molecule has 4 aliphatic rings. The molecule has 0 spiro atoms. The van der Waals surface area contributed by atoms with Gasteiger partial charge in [0.1, 0.15) is 6.10 Å². The molecule has 0 amide bonds. The fourth-order valence-corrected chi connectivity index (χ4v) is 6.58. The second kappa shape index (κ2) is 7.41. The van der Waals surface area contributed by atoms with Crippen LogP contribution >= 0.6 is 0 Å². The van der Waals surface area contributed by atoms with Crippen LogP contribution < -0.4 is 0 Å². The minimum Gasteiger partial charge on any atom is -0.461 e. The minimum atomic E-state index is -1.38. The van der Waals surface area contributed by atoms with Crippen molar-refractivity contribution in [2.45, 2.75) is 98.1 Å². The standard InChI is InChI=1S/C26H38O6/c1-13(2)23(29)30-20-15(4)12-26(31-16(5)27)19(20)22-25(8,32-22)10-9-17-18(24(17,6)7)11-14(3)21(26)28/h11,13,15,17-20,22H,9-10,12H2,1-8H3. The van der Waals surface area contributed by atoms with E-state index in [4.69, 9.17) is 14.2 Å². The Balaban J connectivity index is 1.81. The number of carbonyl (C=O) groups is 3. The van der Waals surface area contributed by atoms with E-state index in [1.807, 2.05) is 13.8 Å². The first kappa shape index (κ1) is 23.5. The molecule has 0 N–H and O–H groups in total. The second-order valence-corrected chi connectivity index (χ2v) is 11.8. The van der Waals surface area contributed by atoms with Crippen molar-refractivity contribution in [1.29, 1.82) is 0 Å². The average molecular weight is 447 g/mol. The topological polar surface area (TPSA) is 82.2 Å². The molecule has 0 aromatic heterocycles. The molecule has 4 rings (SSSR count). The third-order valence-corrected chi connectivity index (χ3v) is 8.66. The lowest BCUT2D eigenvalue weighted by Gasteiger charge is -2.35. The van der Waals surface area contributed by atoms with Crippen molar-refractivity contribution in [2.75, 3.05) is 0 Å². The van der Waals surface area contributed by atoms with Crippen molar-refractivity contribution in [3.63, 3.8) is 0 Å². The Labute approximate surface area is 191 Å². The van der Waals surface area contributed by atoms with Gasteiger partial charge in [0.15, 0.2) is 5.60 Å². The number of epoxide rings is 1. The molecule has 8 atom stereocenters. The first-order valence-electron chi connectivity index (χ1n) is 12.1. The highest BCUT2D eigenvalue weighted by atomic mass is 16.6. The summed E-state index contributed by atoms with van der Waals surface area (Å²) in [7, 11) is 0. The molecule has 0 radical (unpaired) electrons. The highest BCUT2D eigenvalue weighted by molar-refractivity contribution is 6.03. The zero-order valence-corrected chi connectivity index (χ0v) is 20.7. The van der Waals surface area contributed by atoms with Gasteiger partial charge in [0.05, 0.1) is 23.5 Å². The molecule has 6 heteroatoms. The lowest BCUT2D eigenvalue weighted by atomic mass is 9.77. The van der Waals surface area contributed by atoms with Crippen LogP contribution in [0.15, 0.2) is 11.6 Å². The second-order valence-electron chi connectivity index (χ2n) is 11.8. The fraction of sp³-hybridized carbons (Fsp3) is 0.808. The summed E-state index contributed by atoms with van der Waals surface area (Å²) in [5.41, 5.74) is -1.02. The molecular formula is C26H38O6.